The van der Waals surface area contributed by atoms with Crippen LogP contribution in [-0.4, -0.2) is 28.5 Å². The molecule has 3 heteroatoms. The SMILES string of the molecule is C[C@H](O)C(NCc1cc2c3ccccc3ccc2c2ccccc12)[C@@H](C)O. The molecule has 0 aromatic heterocycles. The number of fused-ring (bicyclic) bond motifs is 5. The molecule has 0 heterocycles. The Labute approximate surface area is 159 Å². The third-order valence-corrected chi connectivity index (χ3v) is 5.42. The molecular formula is C24H25NO2. The zero-order chi connectivity index (χ0) is 19.0. The topological polar surface area (TPSA) is 52.5 Å². The van der Waals surface area contributed by atoms with E-state index in [1.165, 1.54) is 37.9 Å². The van der Waals surface area contributed by atoms with Crippen LogP contribution >= 0.6 is 0 Å². The van der Waals surface area contributed by atoms with Gasteiger partial charge in [-0.25, -0.2) is 0 Å². The lowest BCUT2D eigenvalue weighted by Gasteiger charge is -2.25. The zero-order valence-corrected chi connectivity index (χ0v) is 15.7. The number of hydrogen-bond acceptors (Lipinski definition) is 3. The molecule has 4 rings (SSSR count). The van der Waals surface area contributed by atoms with E-state index in [9.17, 15) is 10.2 Å². The maximum Gasteiger partial charge on any atom is 0.0690 e. The van der Waals surface area contributed by atoms with Crippen LogP contribution in [0.2, 0.25) is 0 Å². The molecule has 0 saturated heterocycles. The summed E-state index contributed by atoms with van der Waals surface area (Å²) in [4.78, 5) is 0. The first-order valence-electron chi connectivity index (χ1n) is 9.48. The Kier molecular flexibility index (Phi) is 4.83. The molecule has 1 unspecified atom stereocenters. The van der Waals surface area contributed by atoms with Crippen molar-refractivity contribution < 1.29 is 10.2 Å². The van der Waals surface area contributed by atoms with E-state index >= 15 is 0 Å². The minimum Gasteiger partial charge on any atom is -0.392 e. The van der Waals surface area contributed by atoms with E-state index in [-0.39, 0.29) is 6.04 Å². The van der Waals surface area contributed by atoms with Crippen LogP contribution < -0.4 is 5.32 Å². The molecule has 0 aliphatic rings. The summed E-state index contributed by atoms with van der Waals surface area (Å²) < 4.78 is 0. The highest BCUT2D eigenvalue weighted by atomic mass is 16.3. The number of hydrogen-bond donors (Lipinski definition) is 3. The molecule has 4 aromatic rings. The van der Waals surface area contributed by atoms with E-state index in [2.05, 4.69) is 72.0 Å². The summed E-state index contributed by atoms with van der Waals surface area (Å²) in [7, 11) is 0. The fourth-order valence-electron chi connectivity index (χ4n) is 4.05. The molecule has 3 atom stereocenters. The third kappa shape index (κ3) is 3.30. The Hall–Kier alpha value is -2.46. The quantitative estimate of drug-likeness (QED) is 0.464. The first-order valence-corrected chi connectivity index (χ1v) is 9.48. The average molecular weight is 359 g/mol. The Morgan fingerprint density at radius 3 is 2.00 bits per heavy atom. The molecule has 0 fully saturated rings. The number of nitrogens with one attached hydrogen (secondary N) is 1. The predicted octanol–water partition coefficient (Wildman–Crippen LogP) is 4.37. The van der Waals surface area contributed by atoms with E-state index in [1.54, 1.807) is 13.8 Å². The molecule has 27 heavy (non-hydrogen) atoms. The molecule has 0 bridgehead atoms. The van der Waals surface area contributed by atoms with Gasteiger partial charge in [0.05, 0.1) is 18.2 Å². The van der Waals surface area contributed by atoms with Gasteiger partial charge < -0.3 is 15.5 Å². The Balaban J connectivity index is 1.89. The summed E-state index contributed by atoms with van der Waals surface area (Å²) >= 11 is 0. The predicted molar refractivity (Wildman–Crippen MR) is 113 cm³/mol. The number of aliphatic hydroxyl groups is 2. The minimum atomic E-state index is -0.627. The van der Waals surface area contributed by atoms with E-state index in [1.807, 2.05) is 0 Å². The number of rotatable bonds is 5. The van der Waals surface area contributed by atoms with Crippen LogP contribution in [0.25, 0.3) is 32.3 Å². The van der Waals surface area contributed by atoms with E-state index in [4.69, 9.17) is 0 Å². The van der Waals surface area contributed by atoms with Crippen molar-refractivity contribution in [2.24, 2.45) is 0 Å². The molecule has 0 aliphatic heterocycles. The van der Waals surface area contributed by atoms with Crippen molar-refractivity contribution in [1.82, 2.24) is 5.32 Å². The van der Waals surface area contributed by atoms with E-state index in [0.29, 0.717) is 6.54 Å². The maximum absolute atomic E-state index is 9.96. The summed E-state index contributed by atoms with van der Waals surface area (Å²) in [6.45, 7) is 3.99. The van der Waals surface area contributed by atoms with Crippen molar-refractivity contribution in [2.45, 2.75) is 38.6 Å². The second kappa shape index (κ2) is 7.28. The van der Waals surface area contributed by atoms with Gasteiger partial charge in [-0.15, -0.1) is 0 Å². The highest BCUT2D eigenvalue weighted by Gasteiger charge is 2.20. The highest BCUT2D eigenvalue weighted by Crippen LogP contribution is 2.33. The molecule has 3 nitrogen and oxygen atoms in total. The second-order valence-electron chi connectivity index (χ2n) is 7.35. The first kappa shape index (κ1) is 17.9. The van der Waals surface area contributed by atoms with Gasteiger partial charge in [0.25, 0.3) is 0 Å². The van der Waals surface area contributed by atoms with Gasteiger partial charge in [0.15, 0.2) is 0 Å². The lowest BCUT2D eigenvalue weighted by molar-refractivity contribution is 0.0561. The van der Waals surface area contributed by atoms with Crippen LogP contribution in [0.4, 0.5) is 0 Å². The normalized spacial score (nSPS) is 15.3. The molecule has 138 valence electrons. The summed E-state index contributed by atoms with van der Waals surface area (Å²) in [6.07, 6.45) is -1.25. The lowest BCUT2D eigenvalue weighted by Crippen LogP contribution is -2.45. The monoisotopic (exact) mass is 359 g/mol. The van der Waals surface area contributed by atoms with Crippen LogP contribution in [0.3, 0.4) is 0 Å². The Bertz CT molecular complexity index is 1090. The van der Waals surface area contributed by atoms with Gasteiger partial charge in [-0.1, -0.05) is 60.7 Å². The summed E-state index contributed by atoms with van der Waals surface area (Å²) in [5.41, 5.74) is 1.17. The largest absolute Gasteiger partial charge is 0.392 e. The van der Waals surface area contributed by atoms with Crippen molar-refractivity contribution in [3.05, 3.63) is 72.3 Å². The van der Waals surface area contributed by atoms with Gasteiger partial charge >= 0.3 is 0 Å². The van der Waals surface area contributed by atoms with Crippen LogP contribution in [0, 0.1) is 0 Å². The van der Waals surface area contributed by atoms with Crippen molar-refractivity contribution >= 4 is 32.3 Å². The Morgan fingerprint density at radius 1 is 0.704 bits per heavy atom. The Morgan fingerprint density at radius 2 is 1.30 bits per heavy atom. The van der Waals surface area contributed by atoms with E-state index < -0.39 is 12.2 Å². The van der Waals surface area contributed by atoms with Gasteiger partial charge in [-0.2, -0.15) is 0 Å². The van der Waals surface area contributed by atoms with Crippen LogP contribution in [-0.2, 0) is 6.54 Å². The molecule has 0 spiro atoms. The second-order valence-corrected chi connectivity index (χ2v) is 7.35. The molecule has 0 amide bonds. The van der Waals surface area contributed by atoms with Crippen LogP contribution in [0.1, 0.15) is 19.4 Å². The van der Waals surface area contributed by atoms with E-state index in [0.717, 1.165) is 0 Å². The minimum absolute atomic E-state index is 0.369. The number of aliphatic hydroxyl groups excluding tert-OH is 2. The summed E-state index contributed by atoms with van der Waals surface area (Å²) in [5, 5.41) is 30.6. The van der Waals surface area contributed by atoms with Gasteiger partial charge in [0.2, 0.25) is 0 Å². The van der Waals surface area contributed by atoms with Gasteiger partial charge in [-0.05, 0) is 57.8 Å². The molecule has 0 radical (unpaired) electrons. The van der Waals surface area contributed by atoms with Crippen molar-refractivity contribution in [3.63, 3.8) is 0 Å². The lowest BCUT2D eigenvalue weighted by atomic mass is 9.93. The summed E-state index contributed by atoms with van der Waals surface area (Å²) in [5.74, 6) is 0. The van der Waals surface area contributed by atoms with Crippen molar-refractivity contribution in [3.8, 4) is 0 Å². The summed E-state index contributed by atoms with van der Waals surface area (Å²) in [6, 6.07) is 23.1. The molecule has 4 aromatic carbocycles. The maximum atomic E-state index is 9.96. The standard InChI is InChI=1S/C24H25NO2/c1-15(26)24(16(2)27)25-14-18-13-23-19-8-4-3-7-17(19)11-12-22(23)21-10-6-5-9-20(18)21/h3-13,15-16,24-27H,14H2,1-2H3/t15-,16+,24?. The zero-order valence-electron chi connectivity index (χ0n) is 15.7. The first-order chi connectivity index (χ1) is 13.1. The van der Waals surface area contributed by atoms with Crippen LogP contribution in [0.5, 0.6) is 0 Å². The van der Waals surface area contributed by atoms with Gasteiger partial charge in [0, 0.05) is 6.54 Å². The molecule has 3 N–H and O–H groups in total. The molecule has 0 saturated carbocycles. The highest BCUT2D eigenvalue weighted by molar-refractivity contribution is 6.18. The molecular weight excluding hydrogens is 334 g/mol. The molecule has 0 aliphatic carbocycles. The van der Waals surface area contributed by atoms with Crippen LogP contribution in [0.15, 0.2) is 66.7 Å². The fourth-order valence-corrected chi connectivity index (χ4v) is 4.05. The fraction of sp³-hybridized carbons (Fsp3) is 0.250. The van der Waals surface area contributed by atoms with Gasteiger partial charge in [0.1, 0.15) is 0 Å². The number of benzene rings is 4. The van der Waals surface area contributed by atoms with Gasteiger partial charge in [-0.3, -0.25) is 0 Å². The smallest absolute Gasteiger partial charge is 0.0690 e. The van der Waals surface area contributed by atoms with Crippen molar-refractivity contribution in [2.75, 3.05) is 0 Å². The third-order valence-electron chi connectivity index (χ3n) is 5.42. The van der Waals surface area contributed by atoms with Crippen molar-refractivity contribution in [1.29, 1.82) is 0 Å². The average Bonchev–Trinajstić information content (AvgIpc) is 2.67.